The highest BCUT2D eigenvalue weighted by Crippen LogP contribution is 2.22. The van der Waals surface area contributed by atoms with Gasteiger partial charge in [-0.1, -0.05) is 29.3 Å². The van der Waals surface area contributed by atoms with Crippen molar-refractivity contribution >= 4 is 64.7 Å². The molecule has 0 spiro atoms. The lowest BCUT2D eigenvalue weighted by Crippen LogP contribution is -2.41. The number of nitrogens with one attached hydrogen (secondary N) is 3. The van der Waals surface area contributed by atoms with E-state index in [1.54, 1.807) is 19.2 Å². The number of benzene rings is 1. The van der Waals surface area contributed by atoms with E-state index < -0.39 is 0 Å². The number of hydrogen-bond acceptors (Lipinski definition) is 4. The molecule has 154 valence electrons. The summed E-state index contributed by atoms with van der Waals surface area (Å²) < 4.78 is 1.90. The molecule has 0 fully saturated rings. The van der Waals surface area contributed by atoms with Crippen LogP contribution in [0.4, 0.5) is 0 Å². The summed E-state index contributed by atoms with van der Waals surface area (Å²) in [5, 5.41) is 18.1. The molecule has 0 atom stereocenters. The van der Waals surface area contributed by atoms with Gasteiger partial charge in [0.1, 0.15) is 0 Å². The van der Waals surface area contributed by atoms with Crippen LogP contribution in [-0.2, 0) is 6.54 Å². The normalized spacial score (nSPS) is 11.1. The van der Waals surface area contributed by atoms with Gasteiger partial charge in [0.2, 0.25) is 0 Å². The number of pyridine rings is 1. The van der Waals surface area contributed by atoms with Gasteiger partial charge < -0.3 is 16.0 Å². The maximum atomic E-state index is 12.1. The summed E-state index contributed by atoms with van der Waals surface area (Å²) in [4.78, 5) is 16.3. The quantitative estimate of drug-likeness (QED) is 0.191. The van der Waals surface area contributed by atoms with Crippen LogP contribution in [0.5, 0.6) is 0 Å². The number of halogens is 3. The van der Waals surface area contributed by atoms with Crippen molar-refractivity contribution in [1.82, 2.24) is 30.5 Å². The van der Waals surface area contributed by atoms with Gasteiger partial charge in [-0.3, -0.25) is 14.2 Å². The third kappa shape index (κ3) is 6.18. The number of aliphatic imine (C=N–C) groups is 1. The molecule has 0 aliphatic carbocycles. The van der Waals surface area contributed by atoms with Crippen LogP contribution >= 0.6 is 47.2 Å². The molecule has 2 heterocycles. The predicted molar refractivity (Wildman–Crippen MR) is 125 cm³/mol. The smallest absolute Gasteiger partial charge is 0.251 e. The molecule has 0 saturated heterocycles. The predicted octanol–water partition coefficient (Wildman–Crippen LogP) is 2.75. The first-order chi connectivity index (χ1) is 13.6. The van der Waals surface area contributed by atoms with Crippen molar-refractivity contribution in [1.29, 1.82) is 0 Å². The summed E-state index contributed by atoms with van der Waals surface area (Å²) in [6, 6.07) is 10.5. The monoisotopic (exact) mass is 547 g/mol. The fraction of sp³-hybridized carbons (Fsp3) is 0.222. The lowest BCUT2D eigenvalue weighted by Gasteiger charge is -2.12. The molecule has 29 heavy (non-hydrogen) atoms. The molecule has 1 aromatic carbocycles. The second-order valence-corrected chi connectivity index (χ2v) is 6.60. The average Bonchev–Trinajstić information content (AvgIpc) is 3.12. The van der Waals surface area contributed by atoms with Crippen molar-refractivity contribution in [2.45, 2.75) is 6.54 Å². The molecule has 2 aromatic heterocycles. The largest absolute Gasteiger partial charge is 0.355 e. The van der Waals surface area contributed by atoms with Gasteiger partial charge in [0.15, 0.2) is 17.4 Å². The molecule has 0 unspecified atom stereocenters. The Kier molecular flexibility index (Phi) is 8.93. The topological polar surface area (TPSA) is 95.7 Å². The fourth-order valence-corrected chi connectivity index (χ4v) is 2.79. The third-order valence-electron chi connectivity index (χ3n) is 3.91. The molecule has 0 bridgehead atoms. The molecule has 1 amide bonds. The molecular weight excluding hydrogens is 528 g/mol. The van der Waals surface area contributed by atoms with Gasteiger partial charge in [0.05, 0.1) is 16.6 Å². The summed E-state index contributed by atoms with van der Waals surface area (Å²) in [7, 11) is 1.67. The Labute approximate surface area is 195 Å². The Hall–Kier alpha value is -2.11. The van der Waals surface area contributed by atoms with Crippen molar-refractivity contribution in [3.05, 3.63) is 64.0 Å². The van der Waals surface area contributed by atoms with E-state index in [1.165, 1.54) is 6.07 Å². The molecule has 3 aromatic rings. The molecule has 8 nitrogen and oxygen atoms in total. The second kappa shape index (κ2) is 11.2. The Bertz CT molecular complexity index is 1010. The Morgan fingerprint density at radius 1 is 1.07 bits per heavy atom. The van der Waals surface area contributed by atoms with Gasteiger partial charge in [-0.2, -0.15) is 0 Å². The van der Waals surface area contributed by atoms with Gasteiger partial charge in [-0.25, -0.2) is 0 Å². The summed E-state index contributed by atoms with van der Waals surface area (Å²) in [6.45, 7) is 1.36. The average molecular weight is 548 g/mol. The number of nitrogens with zero attached hydrogens (tertiary/aromatic N) is 4. The molecule has 0 radical (unpaired) electrons. The number of amides is 1. The first-order valence-corrected chi connectivity index (χ1v) is 9.30. The van der Waals surface area contributed by atoms with E-state index in [4.69, 9.17) is 23.2 Å². The number of guanidine groups is 1. The number of hydrogen-bond donors (Lipinski definition) is 3. The minimum absolute atomic E-state index is 0. The van der Waals surface area contributed by atoms with E-state index >= 15 is 0 Å². The van der Waals surface area contributed by atoms with E-state index in [0.717, 1.165) is 11.5 Å². The maximum absolute atomic E-state index is 12.1. The molecule has 0 aliphatic rings. The summed E-state index contributed by atoms with van der Waals surface area (Å²) in [5.41, 5.74) is 1.24. The number of carbonyl (C=O) groups excluding carboxylic acids is 1. The third-order valence-corrected chi connectivity index (χ3v) is 4.65. The van der Waals surface area contributed by atoms with E-state index in [1.807, 2.05) is 28.8 Å². The van der Waals surface area contributed by atoms with Crippen molar-refractivity contribution in [2.75, 3.05) is 20.1 Å². The summed E-state index contributed by atoms with van der Waals surface area (Å²) in [5.74, 6) is 1.14. The van der Waals surface area contributed by atoms with Crippen LogP contribution < -0.4 is 16.0 Å². The number of aromatic nitrogens is 3. The van der Waals surface area contributed by atoms with Gasteiger partial charge >= 0.3 is 0 Å². The highest BCUT2D eigenvalue weighted by molar-refractivity contribution is 14.0. The lowest BCUT2D eigenvalue weighted by molar-refractivity contribution is 0.0954. The van der Waals surface area contributed by atoms with Crippen LogP contribution in [0.15, 0.2) is 47.6 Å². The zero-order valence-electron chi connectivity index (χ0n) is 15.5. The second-order valence-electron chi connectivity index (χ2n) is 5.78. The van der Waals surface area contributed by atoms with Crippen LogP contribution in [0.2, 0.25) is 10.0 Å². The maximum Gasteiger partial charge on any atom is 0.251 e. The molecule has 3 rings (SSSR count). The highest BCUT2D eigenvalue weighted by Gasteiger charge is 2.08. The molecule has 3 N–H and O–H groups in total. The first kappa shape index (κ1) is 23.2. The van der Waals surface area contributed by atoms with Crippen LogP contribution in [0, 0.1) is 0 Å². The highest BCUT2D eigenvalue weighted by atomic mass is 127. The SMILES string of the molecule is CN=C(NCCNC(=O)c1ccc(Cl)c(Cl)c1)NCc1nnc2ccccn12.I. The number of fused-ring (bicyclic) bond motifs is 1. The van der Waals surface area contributed by atoms with E-state index in [0.29, 0.717) is 41.2 Å². The Morgan fingerprint density at radius 2 is 1.86 bits per heavy atom. The van der Waals surface area contributed by atoms with Gasteiger partial charge in [0, 0.05) is 31.9 Å². The van der Waals surface area contributed by atoms with E-state index in [2.05, 4.69) is 31.1 Å². The lowest BCUT2D eigenvalue weighted by atomic mass is 10.2. The molecule has 11 heteroatoms. The van der Waals surface area contributed by atoms with Crippen molar-refractivity contribution in [3.8, 4) is 0 Å². The number of rotatable bonds is 6. The van der Waals surface area contributed by atoms with Crippen LogP contribution in [0.1, 0.15) is 16.2 Å². The van der Waals surface area contributed by atoms with Crippen LogP contribution in [0.25, 0.3) is 5.65 Å². The van der Waals surface area contributed by atoms with Crippen LogP contribution in [0.3, 0.4) is 0 Å². The van der Waals surface area contributed by atoms with Gasteiger partial charge in [0.25, 0.3) is 5.91 Å². The minimum Gasteiger partial charge on any atom is -0.355 e. The molecular formula is C18H20Cl2IN7O. The molecule has 0 aliphatic heterocycles. The zero-order chi connectivity index (χ0) is 19.9. The number of carbonyl (C=O) groups is 1. The Morgan fingerprint density at radius 3 is 2.62 bits per heavy atom. The summed E-state index contributed by atoms with van der Waals surface area (Å²) in [6.07, 6.45) is 1.90. The minimum atomic E-state index is -0.224. The van der Waals surface area contributed by atoms with E-state index in [-0.39, 0.29) is 29.9 Å². The Balaban J connectivity index is 0.00000300. The summed E-state index contributed by atoms with van der Waals surface area (Å²) >= 11 is 11.8. The van der Waals surface area contributed by atoms with E-state index in [9.17, 15) is 4.79 Å². The van der Waals surface area contributed by atoms with Gasteiger partial charge in [-0.15, -0.1) is 34.2 Å². The standard InChI is InChI=1S/C18H19Cl2N7O.HI/c1-21-18(24-11-16-26-25-15-4-2-3-9-27(15)16)23-8-7-22-17(28)12-5-6-13(19)14(20)10-12;/h2-6,9-10H,7-8,11H2,1H3,(H,22,28)(H2,21,23,24);1H. The first-order valence-electron chi connectivity index (χ1n) is 8.55. The van der Waals surface area contributed by atoms with Gasteiger partial charge in [-0.05, 0) is 30.3 Å². The fourth-order valence-electron chi connectivity index (χ4n) is 2.49. The molecule has 0 saturated carbocycles. The van der Waals surface area contributed by atoms with Crippen molar-refractivity contribution in [3.63, 3.8) is 0 Å². The zero-order valence-corrected chi connectivity index (χ0v) is 19.4. The van der Waals surface area contributed by atoms with Crippen LogP contribution in [-0.4, -0.2) is 46.6 Å². The van der Waals surface area contributed by atoms with Crippen molar-refractivity contribution < 1.29 is 4.79 Å². The van der Waals surface area contributed by atoms with Crippen molar-refractivity contribution in [2.24, 2.45) is 4.99 Å².